The lowest BCUT2D eigenvalue weighted by atomic mass is 9.72. The van der Waals surface area contributed by atoms with Crippen LogP contribution in [0.25, 0.3) is 44.9 Å². The fraction of sp³-hybridized carbons (Fsp3) is 0.317. The first-order valence-corrected chi connectivity index (χ1v) is 18.1. The second-order valence-corrected chi connectivity index (χ2v) is 15.1. The molecule has 11 rings (SSSR count). The van der Waals surface area contributed by atoms with Gasteiger partial charge >= 0.3 is 0 Å². The zero-order chi connectivity index (χ0) is 34.9. The van der Waals surface area contributed by atoms with Gasteiger partial charge in [-0.3, -0.25) is 9.59 Å². The second-order valence-electron chi connectivity index (χ2n) is 15.1. The van der Waals surface area contributed by atoms with E-state index < -0.39 is 23.6 Å². The smallest absolute Gasteiger partial charge is 0.249 e. The van der Waals surface area contributed by atoms with E-state index in [-0.39, 0.29) is 29.9 Å². The van der Waals surface area contributed by atoms with Crippen molar-refractivity contribution in [3.05, 3.63) is 95.3 Å². The summed E-state index contributed by atoms with van der Waals surface area (Å²) in [4.78, 5) is 41.2. The average molecular weight is 694 g/mol. The Bertz CT molecular complexity index is 2490. The average Bonchev–Trinajstić information content (AvgIpc) is 3.99. The van der Waals surface area contributed by atoms with E-state index in [1.165, 1.54) is 0 Å². The molecule has 1 saturated heterocycles. The van der Waals surface area contributed by atoms with Gasteiger partial charge in [0.05, 0.1) is 12.8 Å². The van der Waals surface area contributed by atoms with Crippen LogP contribution >= 0.6 is 0 Å². The Morgan fingerprint density at radius 1 is 1.02 bits per heavy atom. The Kier molecular flexibility index (Phi) is 6.16. The molecule has 0 saturated carbocycles. The molecular formula is C41H35N5O6. The molecule has 11 heteroatoms. The van der Waals surface area contributed by atoms with Crippen LogP contribution in [0.5, 0.6) is 5.75 Å². The first kappa shape index (κ1) is 30.0. The lowest BCUT2D eigenvalue weighted by Crippen LogP contribution is -2.40. The van der Waals surface area contributed by atoms with Gasteiger partial charge in [-0.15, -0.1) is 0 Å². The number of oxazole rings is 2. The number of amides is 1. The molecule has 1 amide bonds. The molecule has 3 N–H and O–H groups in total. The van der Waals surface area contributed by atoms with Crippen LogP contribution in [0.4, 0.5) is 5.69 Å². The van der Waals surface area contributed by atoms with Crippen LogP contribution in [0.1, 0.15) is 61.1 Å². The zero-order valence-electron chi connectivity index (χ0n) is 28.6. The maximum atomic E-state index is 14.3. The van der Waals surface area contributed by atoms with Gasteiger partial charge in [0.2, 0.25) is 17.7 Å². The largest absolute Gasteiger partial charge is 0.469 e. The van der Waals surface area contributed by atoms with Gasteiger partial charge in [0, 0.05) is 69.9 Å². The molecule has 5 aliphatic rings. The molecule has 10 bridgehead atoms. The molecule has 260 valence electrons. The Balaban J connectivity index is 1.20. The van der Waals surface area contributed by atoms with Crippen molar-refractivity contribution in [3.8, 4) is 39.8 Å². The van der Waals surface area contributed by atoms with Crippen LogP contribution in [-0.2, 0) is 26.2 Å². The van der Waals surface area contributed by atoms with Crippen molar-refractivity contribution >= 4 is 28.3 Å². The minimum absolute atomic E-state index is 0.0550. The van der Waals surface area contributed by atoms with E-state index in [4.69, 9.17) is 28.3 Å². The normalized spacial score (nSPS) is 24.9. The number of ether oxygens (including phenoxy) is 2. The van der Waals surface area contributed by atoms with Crippen LogP contribution in [-0.4, -0.2) is 46.1 Å². The van der Waals surface area contributed by atoms with E-state index in [0.717, 1.165) is 50.0 Å². The summed E-state index contributed by atoms with van der Waals surface area (Å²) < 4.78 is 26.0. The number of nitrogens with one attached hydrogen (secondary N) is 3. The standard InChI is InChI=1S/C41H35N5O6/c1-19(2)33-39-45-35-36(52-39)41-26-7-3-6-24(23-5-4-8-28-32(23)25(16-42-28)31-17-43-38(35)50-31)34(26)46-40(41)51-30-10-9-20(14-27(30)41)13-22(37(48)44-33)15-29(47)21-11-12-49-18-21/h3-10,14,16-17,19,21-22,33,40,42,46H,11-13,15,18H2,1-2H3,(H,44,48)/t21-,22?,33-,40?,41-/m0/s1. The minimum Gasteiger partial charge on any atom is -0.469 e. The second kappa shape index (κ2) is 10.7. The van der Waals surface area contributed by atoms with Gasteiger partial charge in [-0.25, -0.2) is 9.97 Å². The molecule has 1 fully saturated rings. The van der Waals surface area contributed by atoms with E-state index in [0.29, 0.717) is 60.8 Å². The highest BCUT2D eigenvalue weighted by Gasteiger charge is 2.61. The van der Waals surface area contributed by atoms with Crippen molar-refractivity contribution in [1.82, 2.24) is 20.3 Å². The number of hydrogen-bond acceptors (Lipinski definition) is 9. The van der Waals surface area contributed by atoms with Gasteiger partial charge in [0.25, 0.3) is 0 Å². The molecule has 3 aromatic carbocycles. The summed E-state index contributed by atoms with van der Waals surface area (Å²) in [5.41, 5.74) is 7.10. The predicted octanol–water partition coefficient (Wildman–Crippen LogP) is 6.92. The van der Waals surface area contributed by atoms with Gasteiger partial charge < -0.3 is 33.9 Å². The fourth-order valence-corrected chi connectivity index (χ4v) is 9.17. The van der Waals surface area contributed by atoms with Crippen LogP contribution in [0.3, 0.4) is 0 Å². The topological polar surface area (TPSA) is 145 Å². The SMILES string of the molecule is CC(C)[C@@H]1NC(=O)C(CC(=O)[C@H]2CCOC2)Cc2ccc3c(c2)[C@]24c5cccc(c5NC2O3)-c2cccc3[nH]cc(c23)-c2cnc(o2)-c2nc1oc24. The molecule has 1 spiro atoms. The van der Waals surface area contributed by atoms with Crippen molar-refractivity contribution < 1.29 is 27.9 Å². The monoisotopic (exact) mass is 693 g/mol. The number of fused-ring (bicyclic) bond motifs is 7. The number of aromatic nitrogens is 3. The van der Waals surface area contributed by atoms with E-state index in [9.17, 15) is 9.59 Å². The number of ketones is 1. The summed E-state index contributed by atoms with van der Waals surface area (Å²) in [5, 5.41) is 8.08. The van der Waals surface area contributed by atoms with Gasteiger partial charge in [-0.05, 0) is 42.0 Å². The number of aromatic amines is 1. The van der Waals surface area contributed by atoms with Crippen LogP contribution in [0.15, 0.2) is 75.8 Å². The predicted molar refractivity (Wildman–Crippen MR) is 191 cm³/mol. The Morgan fingerprint density at radius 2 is 1.90 bits per heavy atom. The van der Waals surface area contributed by atoms with Crippen molar-refractivity contribution in [2.75, 3.05) is 18.5 Å². The summed E-state index contributed by atoms with van der Waals surface area (Å²) in [6, 6.07) is 18.1. The van der Waals surface area contributed by atoms with E-state index in [1.54, 1.807) is 6.20 Å². The van der Waals surface area contributed by atoms with Crippen molar-refractivity contribution in [2.24, 2.45) is 17.8 Å². The summed E-state index contributed by atoms with van der Waals surface area (Å²) in [7, 11) is 0. The van der Waals surface area contributed by atoms with Gasteiger partial charge in [-0.1, -0.05) is 56.3 Å². The number of carbonyl (C=O) groups excluding carboxylic acids is 2. The van der Waals surface area contributed by atoms with Gasteiger partial charge in [-0.2, -0.15) is 0 Å². The summed E-state index contributed by atoms with van der Waals surface area (Å²) >= 11 is 0. The molecule has 8 heterocycles. The number of hydrogen-bond donors (Lipinski definition) is 3. The van der Waals surface area contributed by atoms with Crippen molar-refractivity contribution in [2.45, 2.75) is 50.8 Å². The molecule has 5 aliphatic heterocycles. The number of nitrogens with zero attached hydrogens (tertiary/aromatic N) is 2. The van der Waals surface area contributed by atoms with Gasteiger partial charge in [0.1, 0.15) is 23.0 Å². The molecule has 52 heavy (non-hydrogen) atoms. The van der Waals surface area contributed by atoms with E-state index in [2.05, 4.69) is 58.1 Å². The highest BCUT2D eigenvalue weighted by atomic mass is 16.5. The van der Waals surface area contributed by atoms with Gasteiger partial charge in [0.15, 0.2) is 23.4 Å². The molecule has 2 unspecified atom stereocenters. The third kappa shape index (κ3) is 3.99. The number of Topliss-reactive ketones (excluding diaryl/α,β-unsaturated/α-hetero) is 1. The highest BCUT2D eigenvalue weighted by Crippen LogP contribution is 2.61. The Hall–Kier alpha value is -5.68. The molecule has 5 atom stereocenters. The highest BCUT2D eigenvalue weighted by molar-refractivity contribution is 6.07. The molecule has 6 aromatic rings. The molecule has 11 nitrogen and oxygen atoms in total. The van der Waals surface area contributed by atoms with Crippen LogP contribution in [0.2, 0.25) is 0 Å². The van der Waals surface area contributed by atoms with Crippen molar-refractivity contribution in [1.29, 1.82) is 0 Å². The molecular weight excluding hydrogens is 658 g/mol. The number of carbonyl (C=O) groups is 2. The number of para-hydroxylation sites is 1. The first-order chi connectivity index (χ1) is 25.4. The molecule has 3 aromatic heterocycles. The summed E-state index contributed by atoms with van der Waals surface area (Å²) in [5.74, 6) is 1.42. The first-order valence-electron chi connectivity index (χ1n) is 18.1. The lowest BCUT2D eigenvalue weighted by molar-refractivity contribution is -0.131. The summed E-state index contributed by atoms with van der Waals surface area (Å²) in [6.07, 6.45) is 4.27. The molecule has 0 aliphatic carbocycles. The molecule has 0 radical (unpaired) electrons. The number of benzene rings is 3. The van der Waals surface area contributed by atoms with Crippen molar-refractivity contribution in [3.63, 3.8) is 0 Å². The third-order valence-electron chi connectivity index (χ3n) is 11.8. The minimum atomic E-state index is -1.00. The maximum Gasteiger partial charge on any atom is 0.249 e. The van der Waals surface area contributed by atoms with E-state index >= 15 is 0 Å². The number of H-pyrrole nitrogens is 1. The Labute approximate surface area is 298 Å². The fourth-order valence-electron chi connectivity index (χ4n) is 9.17. The van der Waals surface area contributed by atoms with Crippen LogP contribution in [0, 0.1) is 17.8 Å². The lowest BCUT2D eigenvalue weighted by Gasteiger charge is -2.28. The third-order valence-corrected chi connectivity index (χ3v) is 11.8. The van der Waals surface area contributed by atoms with Crippen LogP contribution < -0.4 is 15.4 Å². The summed E-state index contributed by atoms with van der Waals surface area (Å²) in [6.45, 7) is 5.02. The quantitative estimate of drug-likeness (QED) is 0.179. The van der Waals surface area contributed by atoms with E-state index in [1.807, 2.05) is 32.2 Å². The number of anilines is 1. The Morgan fingerprint density at radius 3 is 2.77 bits per heavy atom. The zero-order valence-corrected chi connectivity index (χ0v) is 28.6. The number of rotatable bonds is 4. The maximum absolute atomic E-state index is 14.3.